The highest BCUT2D eigenvalue weighted by molar-refractivity contribution is 7.98. The van der Waals surface area contributed by atoms with Gasteiger partial charge in [-0.1, -0.05) is 11.8 Å². The standard InChI is InChI=1S/C17H14FN5S2/c1-10-7-11(2)23-16(19-10)21-17(22-23)25-9-14-8-24-15(20-14)12-3-5-13(18)6-4-12/h3-8H,9H2,1-2H3. The molecule has 126 valence electrons. The van der Waals surface area contributed by atoms with E-state index < -0.39 is 0 Å². The molecule has 0 aliphatic heterocycles. The average Bonchev–Trinajstić information content (AvgIpc) is 3.20. The van der Waals surface area contributed by atoms with Crippen LogP contribution in [0.5, 0.6) is 0 Å². The number of halogens is 1. The lowest BCUT2D eigenvalue weighted by atomic mass is 10.2. The minimum atomic E-state index is -0.242. The lowest BCUT2D eigenvalue weighted by molar-refractivity contribution is 0.628. The number of thioether (sulfide) groups is 1. The van der Waals surface area contributed by atoms with E-state index in [0.29, 0.717) is 16.7 Å². The van der Waals surface area contributed by atoms with Crippen molar-refractivity contribution in [3.63, 3.8) is 0 Å². The Morgan fingerprint density at radius 3 is 2.72 bits per heavy atom. The molecule has 0 radical (unpaired) electrons. The molecule has 3 heterocycles. The van der Waals surface area contributed by atoms with Crippen LogP contribution in [0.3, 0.4) is 0 Å². The van der Waals surface area contributed by atoms with E-state index >= 15 is 0 Å². The second kappa shape index (κ2) is 6.53. The van der Waals surface area contributed by atoms with Crippen LogP contribution in [0.2, 0.25) is 0 Å². The van der Waals surface area contributed by atoms with Crippen LogP contribution in [0.1, 0.15) is 17.1 Å². The lowest BCUT2D eigenvalue weighted by Crippen LogP contribution is -1.97. The zero-order valence-electron chi connectivity index (χ0n) is 13.6. The summed E-state index contributed by atoms with van der Waals surface area (Å²) in [7, 11) is 0. The fourth-order valence-corrected chi connectivity index (χ4v) is 4.09. The Morgan fingerprint density at radius 1 is 1.12 bits per heavy atom. The summed E-state index contributed by atoms with van der Waals surface area (Å²) in [6, 6.07) is 8.36. The Balaban J connectivity index is 1.50. The molecule has 3 aromatic heterocycles. The zero-order chi connectivity index (χ0) is 17.4. The molecule has 0 atom stereocenters. The fraction of sp³-hybridized carbons (Fsp3) is 0.176. The summed E-state index contributed by atoms with van der Waals surface area (Å²) in [5, 5.41) is 8.05. The van der Waals surface area contributed by atoms with Gasteiger partial charge in [0.25, 0.3) is 5.78 Å². The number of hydrogen-bond acceptors (Lipinski definition) is 6. The maximum atomic E-state index is 13.0. The van der Waals surface area contributed by atoms with E-state index in [-0.39, 0.29) is 5.82 Å². The molecule has 0 spiro atoms. The first-order valence-corrected chi connectivity index (χ1v) is 9.49. The van der Waals surface area contributed by atoms with Gasteiger partial charge in [-0.3, -0.25) is 0 Å². The molecule has 0 saturated carbocycles. The number of rotatable bonds is 4. The van der Waals surface area contributed by atoms with Crippen molar-refractivity contribution in [1.29, 1.82) is 0 Å². The zero-order valence-corrected chi connectivity index (χ0v) is 15.2. The van der Waals surface area contributed by atoms with Gasteiger partial charge in [0, 0.05) is 28.1 Å². The first-order valence-electron chi connectivity index (χ1n) is 7.63. The van der Waals surface area contributed by atoms with E-state index in [1.54, 1.807) is 28.0 Å². The number of thiazole rings is 1. The average molecular weight is 371 g/mol. The van der Waals surface area contributed by atoms with E-state index in [1.807, 2.05) is 25.3 Å². The first-order chi connectivity index (χ1) is 12.1. The highest BCUT2D eigenvalue weighted by Crippen LogP contribution is 2.27. The molecule has 0 amide bonds. The minimum Gasteiger partial charge on any atom is -0.240 e. The first kappa shape index (κ1) is 16.2. The Bertz CT molecular complexity index is 1040. The van der Waals surface area contributed by atoms with Gasteiger partial charge >= 0.3 is 0 Å². The van der Waals surface area contributed by atoms with E-state index in [9.17, 15) is 4.39 Å². The SMILES string of the molecule is Cc1cc(C)n2nc(SCc3csc(-c4ccc(F)cc4)n3)nc2n1. The van der Waals surface area contributed by atoms with Crippen molar-refractivity contribution in [2.45, 2.75) is 24.8 Å². The molecule has 0 N–H and O–H groups in total. The Kier molecular flexibility index (Phi) is 4.22. The molecule has 0 bridgehead atoms. The molecular weight excluding hydrogens is 357 g/mol. The summed E-state index contributed by atoms with van der Waals surface area (Å²) in [4.78, 5) is 13.5. The van der Waals surface area contributed by atoms with Crippen molar-refractivity contribution in [3.05, 3.63) is 58.6 Å². The van der Waals surface area contributed by atoms with Gasteiger partial charge in [0.1, 0.15) is 10.8 Å². The fourth-order valence-electron chi connectivity index (χ4n) is 2.45. The summed E-state index contributed by atoms with van der Waals surface area (Å²) in [6.45, 7) is 3.93. The number of aryl methyl sites for hydroxylation is 2. The van der Waals surface area contributed by atoms with Crippen LogP contribution in [0.25, 0.3) is 16.3 Å². The molecule has 0 saturated heterocycles. The predicted octanol–water partition coefficient (Wildman–Crippen LogP) is 4.30. The highest BCUT2D eigenvalue weighted by Gasteiger charge is 2.10. The number of benzene rings is 1. The molecular formula is C17H14FN5S2. The summed E-state index contributed by atoms with van der Waals surface area (Å²) < 4.78 is 14.8. The van der Waals surface area contributed by atoms with Gasteiger partial charge in [0.2, 0.25) is 5.16 Å². The number of hydrogen-bond donors (Lipinski definition) is 0. The molecule has 1 aromatic carbocycles. The smallest absolute Gasteiger partial charge is 0.240 e. The summed E-state index contributed by atoms with van der Waals surface area (Å²) in [5.74, 6) is 1.05. The Hall–Kier alpha value is -2.32. The lowest BCUT2D eigenvalue weighted by Gasteiger charge is -1.97. The van der Waals surface area contributed by atoms with Crippen LogP contribution in [-0.2, 0) is 5.75 Å². The molecule has 4 aromatic rings. The van der Waals surface area contributed by atoms with Crippen molar-refractivity contribution in [3.8, 4) is 10.6 Å². The van der Waals surface area contributed by atoms with E-state index in [1.165, 1.54) is 23.9 Å². The molecule has 0 aliphatic carbocycles. The molecule has 25 heavy (non-hydrogen) atoms. The highest BCUT2D eigenvalue weighted by atomic mass is 32.2. The summed E-state index contributed by atoms with van der Waals surface area (Å²) >= 11 is 3.07. The monoisotopic (exact) mass is 371 g/mol. The quantitative estimate of drug-likeness (QED) is 0.501. The van der Waals surface area contributed by atoms with Crippen molar-refractivity contribution < 1.29 is 4.39 Å². The minimum absolute atomic E-state index is 0.242. The Labute approximate surface area is 152 Å². The maximum absolute atomic E-state index is 13.0. The van der Waals surface area contributed by atoms with Crippen molar-refractivity contribution in [2.24, 2.45) is 0 Å². The predicted molar refractivity (Wildman–Crippen MR) is 97.3 cm³/mol. The van der Waals surface area contributed by atoms with Crippen LogP contribution in [0.4, 0.5) is 4.39 Å². The van der Waals surface area contributed by atoms with Crippen molar-refractivity contribution in [2.75, 3.05) is 0 Å². The van der Waals surface area contributed by atoms with Gasteiger partial charge in [-0.25, -0.2) is 18.9 Å². The topological polar surface area (TPSA) is 56.0 Å². The van der Waals surface area contributed by atoms with E-state index in [0.717, 1.165) is 27.7 Å². The van der Waals surface area contributed by atoms with Gasteiger partial charge in [0.05, 0.1) is 5.69 Å². The van der Waals surface area contributed by atoms with Crippen LogP contribution < -0.4 is 0 Å². The third-order valence-electron chi connectivity index (χ3n) is 3.59. The second-order valence-corrected chi connectivity index (χ2v) is 7.39. The van der Waals surface area contributed by atoms with Gasteiger partial charge in [-0.2, -0.15) is 4.98 Å². The van der Waals surface area contributed by atoms with Crippen LogP contribution in [-0.4, -0.2) is 24.6 Å². The second-order valence-electron chi connectivity index (χ2n) is 5.58. The maximum Gasteiger partial charge on any atom is 0.253 e. The van der Waals surface area contributed by atoms with E-state index in [2.05, 4.69) is 20.1 Å². The Morgan fingerprint density at radius 2 is 1.92 bits per heavy atom. The van der Waals surface area contributed by atoms with E-state index in [4.69, 9.17) is 0 Å². The third kappa shape index (κ3) is 3.40. The van der Waals surface area contributed by atoms with Gasteiger partial charge < -0.3 is 0 Å². The number of fused-ring (bicyclic) bond motifs is 1. The largest absolute Gasteiger partial charge is 0.253 e. The van der Waals surface area contributed by atoms with Crippen LogP contribution in [0.15, 0.2) is 40.9 Å². The van der Waals surface area contributed by atoms with Crippen LogP contribution in [0, 0.1) is 19.7 Å². The van der Waals surface area contributed by atoms with Crippen molar-refractivity contribution in [1.82, 2.24) is 24.6 Å². The summed E-state index contributed by atoms with van der Waals surface area (Å²) in [6.07, 6.45) is 0. The summed E-state index contributed by atoms with van der Waals surface area (Å²) in [5.41, 5.74) is 3.81. The molecule has 4 rings (SSSR count). The molecule has 0 aliphatic rings. The number of nitrogens with zero attached hydrogens (tertiary/aromatic N) is 5. The van der Waals surface area contributed by atoms with Crippen molar-refractivity contribution >= 4 is 28.9 Å². The number of aromatic nitrogens is 5. The van der Waals surface area contributed by atoms with Gasteiger partial charge in [-0.15, -0.1) is 16.4 Å². The third-order valence-corrected chi connectivity index (χ3v) is 5.40. The molecule has 0 unspecified atom stereocenters. The molecule has 0 fully saturated rings. The van der Waals surface area contributed by atoms with Gasteiger partial charge in [-0.05, 0) is 44.2 Å². The molecule has 8 heteroatoms. The van der Waals surface area contributed by atoms with Gasteiger partial charge in [0.15, 0.2) is 0 Å². The van der Waals surface area contributed by atoms with Crippen LogP contribution >= 0.6 is 23.1 Å². The molecule has 5 nitrogen and oxygen atoms in total. The normalized spacial score (nSPS) is 11.3.